The smallest absolute Gasteiger partial charge is 0.165 e. The molecule has 0 spiro atoms. The maximum Gasteiger partial charge on any atom is 0.165 e. The fourth-order valence-electron chi connectivity index (χ4n) is 1.70. The number of benzene rings is 2. The van der Waals surface area contributed by atoms with Crippen LogP contribution in [0.15, 0.2) is 36.4 Å². The number of carbonyl (C=O) groups excluding carboxylic acids is 1. The van der Waals surface area contributed by atoms with E-state index >= 15 is 0 Å². The SMILES string of the molecule is COc1cc(-c2ccc(C(=O)[O-])c(Cl)c2)ccc1F. The first-order chi connectivity index (χ1) is 9.02. The van der Waals surface area contributed by atoms with Crippen molar-refractivity contribution < 1.29 is 19.0 Å². The van der Waals surface area contributed by atoms with E-state index in [0.717, 1.165) is 0 Å². The van der Waals surface area contributed by atoms with Gasteiger partial charge in [0.1, 0.15) is 0 Å². The minimum absolute atomic E-state index is 0.0702. The second kappa shape index (κ2) is 5.28. The van der Waals surface area contributed by atoms with Gasteiger partial charge in [0, 0.05) is 5.56 Å². The summed E-state index contributed by atoms with van der Waals surface area (Å²) in [5.41, 5.74) is 1.25. The molecule has 98 valence electrons. The maximum absolute atomic E-state index is 13.3. The van der Waals surface area contributed by atoms with Crippen molar-refractivity contribution in [2.75, 3.05) is 7.11 Å². The van der Waals surface area contributed by atoms with Gasteiger partial charge in [0.2, 0.25) is 0 Å². The molecular weight excluding hydrogens is 271 g/mol. The standard InChI is InChI=1S/C14H10ClFO3/c1-19-13-7-9(3-5-12(13)16)8-2-4-10(14(17)18)11(15)6-8/h2-7H,1H3,(H,17,18)/p-1. The van der Waals surface area contributed by atoms with Crippen LogP contribution in [0.5, 0.6) is 5.75 Å². The largest absolute Gasteiger partial charge is 0.545 e. The minimum Gasteiger partial charge on any atom is -0.545 e. The van der Waals surface area contributed by atoms with E-state index in [1.165, 1.54) is 31.4 Å². The Morgan fingerprint density at radius 3 is 2.42 bits per heavy atom. The molecule has 0 saturated carbocycles. The third-order valence-corrected chi connectivity index (χ3v) is 2.99. The highest BCUT2D eigenvalue weighted by Crippen LogP contribution is 2.29. The summed E-state index contributed by atoms with van der Waals surface area (Å²) < 4.78 is 18.2. The van der Waals surface area contributed by atoms with Crippen molar-refractivity contribution >= 4 is 17.6 Å². The molecule has 0 atom stereocenters. The van der Waals surface area contributed by atoms with Crippen LogP contribution in [0.25, 0.3) is 11.1 Å². The van der Waals surface area contributed by atoms with Crippen LogP contribution in [0, 0.1) is 5.82 Å². The lowest BCUT2D eigenvalue weighted by Gasteiger charge is -2.09. The fraction of sp³-hybridized carbons (Fsp3) is 0.0714. The molecule has 0 aliphatic carbocycles. The molecular formula is C14H9ClFO3-. The highest BCUT2D eigenvalue weighted by molar-refractivity contribution is 6.33. The summed E-state index contributed by atoms with van der Waals surface area (Å²) in [6.07, 6.45) is 0. The summed E-state index contributed by atoms with van der Waals surface area (Å²) in [6.45, 7) is 0. The Morgan fingerprint density at radius 1 is 1.21 bits per heavy atom. The number of hydrogen-bond donors (Lipinski definition) is 0. The Morgan fingerprint density at radius 2 is 1.84 bits per heavy atom. The van der Waals surface area contributed by atoms with Crippen LogP contribution in [0.1, 0.15) is 10.4 Å². The predicted molar refractivity (Wildman–Crippen MR) is 67.7 cm³/mol. The number of methoxy groups -OCH3 is 1. The summed E-state index contributed by atoms with van der Waals surface area (Å²) >= 11 is 5.85. The first-order valence-electron chi connectivity index (χ1n) is 5.37. The average molecular weight is 280 g/mol. The molecule has 0 saturated heterocycles. The van der Waals surface area contributed by atoms with E-state index in [1.54, 1.807) is 12.1 Å². The van der Waals surface area contributed by atoms with Crippen LogP contribution in [0.3, 0.4) is 0 Å². The van der Waals surface area contributed by atoms with Gasteiger partial charge >= 0.3 is 0 Å². The van der Waals surface area contributed by atoms with E-state index in [2.05, 4.69) is 0 Å². The third kappa shape index (κ3) is 2.69. The summed E-state index contributed by atoms with van der Waals surface area (Å²) in [4.78, 5) is 10.7. The molecule has 19 heavy (non-hydrogen) atoms. The van der Waals surface area contributed by atoms with Crippen LogP contribution in [-0.4, -0.2) is 13.1 Å². The van der Waals surface area contributed by atoms with Crippen LogP contribution in [0.2, 0.25) is 5.02 Å². The van der Waals surface area contributed by atoms with Crippen molar-refractivity contribution in [2.45, 2.75) is 0 Å². The van der Waals surface area contributed by atoms with Gasteiger partial charge in [-0.2, -0.15) is 0 Å². The minimum atomic E-state index is -1.34. The number of ether oxygens (including phenoxy) is 1. The van der Waals surface area contributed by atoms with E-state index < -0.39 is 11.8 Å². The first kappa shape index (κ1) is 13.4. The topological polar surface area (TPSA) is 49.4 Å². The molecule has 0 amide bonds. The van der Waals surface area contributed by atoms with Crippen molar-refractivity contribution in [3.05, 3.63) is 52.8 Å². The molecule has 0 N–H and O–H groups in total. The van der Waals surface area contributed by atoms with Gasteiger partial charge in [-0.15, -0.1) is 0 Å². The second-order valence-electron chi connectivity index (χ2n) is 3.83. The van der Waals surface area contributed by atoms with Crippen LogP contribution >= 0.6 is 11.6 Å². The van der Waals surface area contributed by atoms with Gasteiger partial charge in [0.05, 0.1) is 18.1 Å². The number of rotatable bonds is 3. The van der Waals surface area contributed by atoms with Gasteiger partial charge in [0.25, 0.3) is 0 Å². The number of carboxylic acid groups (broad SMARTS) is 1. The van der Waals surface area contributed by atoms with Gasteiger partial charge in [-0.25, -0.2) is 4.39 Å². The molecule has 2 aromatic carbocycles. The molecule has 0 heterocycles. The number of carbonyl (C=O) groups is 1. The first-order valence-corrected chi connectivity index (χ1v) is 5.75. The van der Waals surface area contributed by atoms with Crippen LogP contribution < -0.4 is 9.84 Å². The molecule has 2 rings (SSSR count). The van der Waals surface area contributed by atoms with Gasteiger partial charge in [0.15, 0.2) is 11.6 Å². The third-order valence-electron chi connectivity index (χ3n) is 2.67. The molecule has 0 radical (unpaired) electrons. The van der Waals surface area contributed by atoms with Gasteiger partial charge in [-0.1, -0.05) is 29.8 Å². The lowest BCUT2D eigenvalue weighted by atomic mass is 10.0. The Balaban J connectivity index is 2.48. The Hall–Kier alpha value is -2.07. The summed E-state index contributed by atoms with van der Waals surface area (Å²) in [5.74, 6) is -1.70. The lowest BCUT2D eigenvalue weighted by Crippen LogP contribution is -2.22. The fourth-order valence-corrected chi connectivity index (χ4v) is 1.96. The number of aromatic carboxylic acids is 1. The van der Waals surface area contributed by atoms with Crippen molar-refractivity contribution in [3.63, 3.8) is 0 Å². The zero-order valence-electron chi connectivity index (χ0n) is 9.94. The zero-order chi connectivity index (χ0) is 14.0. The van der Waals surface area contributed by atoms with E-state index in [9.17, 15) is 14.3 Å². The summed E-state index contributed by atoms with van der Waals surface area (Å²) in [5, 5.41) is 10.8. The highest BCUT2D eigenvalue weighted by atomic mass is 35.5. The van der Waals surface area contributed by atoms with E-state index in [-0.39, 0.29) is 16.3 Å². The molecule has 0 aromatic heterocycles. The normalized spacial score (nSPS) is 10.3. The molecule has 0 fully saturated rings. The molecule has 0 unspecified atom stereocenters. The summed E-state index contributed by atoms with van der Waals surface area (Å²) in [6, 6.07) is 8.75. The molecule has 3 nitrogen and oxygen atoms in total. The van der Waals surface area contributed by atoms with Crippen molar-refractivity contribution in [2.24, 2.45) is 0 Å². The van der Waals surface area contributed by atoms with E-state index in [0.29, 0.717) is 11.1 Å². The molecule has 2 aromatic rings. The molecule has 0 aliphatic rings. The maximum atomic E-state index is 13.3. The predicted octanol–water partition coefficient (Wildman–Crippen LogP) is 2.52. The quantitative estimate of drug-likeness (QED) is 0.867. The Labute approximate surface area is 114 Å². The van der Waals surface area contributed by atoms with E-state index in [1.807, 2.05) is 0 Å². The molecule has 0 aliphatic heterocycles. The van der Waals surface area contributed by atoms with Crippen molar-refractivity contribution in [3.8, 4) is 16.9 Å². The van der Waals surface area contributed by atoms with Crippen LogP contribution in [-0.2, 0) is 0 Å². The Bertz CT molecular complexity index is 641. The van der Waals surface area contributed by atoms with Crippen molar-refractivity contribution in [1.82, 2.24) is 0 Å². The van der Waals surface area contributed by atoms with E-state index in [4.69, 9.17) is 16.3 Å². The van der Waals surface area contributed by atoms with Gasteiger partial charge in [-0.3, -0.25) is 0 Å². The number of carboxylic acids is 1. The average Bonchev–Trinajstić information content (AvgIpc) is 2.38. The number of halogens is 2. The molecule has 0 bridgehead atoms. The zero-order valence-corrected chi connectivity index (χ0v) is 10.7. The van der Waals surface area contributed by atoms with Gasteiger partial charge < -0.3 is 14.6 Å². The Kier molecular flexibility index (Phi) is 3.71. The van der Waals surface area contributed by atoms with Gasteiger partial charge in [-0.05, 0) is 29.3 Å². The second-order valence-corrected chi connectivity index (χ2v) is 4.24. The highest BCUT2D eigenvalue weighted by Gasteiger charge is 2.08. The number of hydrogen-bond acceptors (Lipinski definition) is 3. The monoisotopic (exact) mass is 279 g/mol. The lowest BCUT2D eigenvalue weighted by molar-refractivity contribution is -0.255. The summed E-state index contributed by atoms with van der Waals surface area (Å²) in [7, 11) is 1.37. The van der Waals surface area contributed by atoms with Crippen LogP contribution in [0.4, 0.5) is 4.39 Å². The van der Waals surface area contributed by atoms with Crippen molar-refractivity contribution in [1.29, 1.82) is 0 Å². The molecule has 5 heteroatoms.